The molecular weight excluding hydrogens is 570 g/mol. The maximum Gasteiger partial charge on any atom is 0.296 e. The van der Waals surface area contributed by atoms with Crippen LogP contribution in [0.2, 0.25) is 0 Å². The quantitative estimate of drug-likeness (QED) is 0.285. The van der Waals surface area contributed by atoms with E-state index in [2.05, 4.69) is 9.97 Å². The van der Waals surface area contributed by atoms with Crippen molar-refractivity contribution in [3.63, 3.8) is 0 Å². The van der Waals surface area contributed by atoms with Gasteiger partial charge in [-0.15, -0.1) is 0 Å². The van der Waals surface area contributed by atoms with Crippen LogP contribution in [0.5, 0.6) is 5.88 Å². The van der Waals surface area contributed by atoms with Gasteiger partial charge < -0.3 is 14.6 Å². The second kappa shape index (κ2) is 12.6. The van der Waals surface area contributed by atoms with Crippen LogP contribution in [0.3, 0.4) is 0 Å². The van der Waals surface area contributed by atoms with Gasteiger partial charge in [0.25, 0.3) is 5.56 Å². The van der Waals surface area contributed by atoms with Crippen LogP contribution in [0.1, 0.15) is 36.8 Å². The van der Waals surface area contributed by atoms with Gasteiger partial charge in [0.2, 0.25) is 15.7 Å². The summed E-state index contributed by atoms with van der Waals surface area (Å²) in [4.78, 5) is 19.7. The fourth-order valence-electron chi connectivity index (χ4n) is 4.30. The number of methoxy groups -OCH3 is 1. The highest BCUT2D eigenvalue weighted by Gasteiger charge is 2.33. The molecule has 4 rings (SSSR count). The fraction of sp³-hybridized carbons (Fsp3) is 0.241. The molecular formula is C29H26F2N4O6S. The molecule has 10 nitrogen and oxygen atoms in total. The molecule has 0 saturated heterocycles. The van der Waals surface area contributed by atoms with Crippen LogP contribution >= 0.6 is 0 Å². The molecule has 1 N–H and O–H groups in total. The summed E-state index contributed by atoms with van der Waals surface area (Å²) in [5, 5.41) is 20.5. The molecule has 42 heavy (non-hydrogen) atoms. The maximum absolute atomic E-state index is 14.2. The summed E-state index contributed by atoms with van der Waals surface area (Å²) < 4.78 is 67.6. The first-order valence-corrected chi connectivity index (χ1v) is 14.1. The summed E-state index contributed by atoms with van der Waals surface area (Å²) in [7, 11) is -3.37. The molecule has 2 heterocycles. The van der Waals surface area contributed by atoms with Crippen molar-refractivity contribution in [2.75, 3.05) is 13.7 Å². The standard InChI is InChI=1S/C29H26F2N4O6S/c1-17(2)41-16-26-34-28(36)27(29(37)35(26)25(15-40-3)20-9-22(30)11-23(31)10-20)42(38,39)24-6-4-19(5-7-24)21-8-18(12-32)13-33-14-21/h4-11,13-14,17,25,37H,15-16H2,1-3H3. The summed E-state index contributed by atoms with van der Waals surface area (Å²) in [6.45, 7) is 2.82. The lowest BCUT2D eigenvalue weighted by molar-refractivity contribution is 0.0554. The molecule has 0 radical (unpaired) electrons. The molecule has 1 unspecified atom stereocenters. The summed E-state index contributed by atoms with van der Waals surface area (Å²) in [5.41, 5.74) is 0.160. The Hall–Kier alpha value is -4.51. The van der Waals surface area contributed by atoms with Crippen molar-refractivity contribution in [2.24, 2.45) is 0 Å². The van der Waals surface area contributed by atoms with Gasteiger partial charge in [-0.2, -0.15) is 10.2 Å². The van der Waals surface area contributed by atoms with E-state index in [1.54, 1.807) is 19.9 Å². The minimum Gasteiger partial charge on any atom is -0.493 e. The zero-order valence-electron chi connectivity index (χ0n) is 22.8. The Morgan fingerprint density at radius 3 is 2.31 bits per heavy atom. The predicted molar refractivity (Wildman–Crippen MR) is 146 cm³/mol. The number of aromatic nitrogens is 3. The lowest BCUT2D eigenvalue weighted by Gasteiger charge is -2.26. The third-order valence-electron chi connectivity index (χ3n) is 6.22. The van der Waals surface area contributed by atoms with Crippen LogP contribution in [0, 0.1) is 23.0 Å². The molecule has 0 fully saturated rings. The minimum atomic E-state index is -4.67. The van der Waals surface area contributed by atoms with Crippen LogP contribution in [0.4, 0.5) is 8.78 Å². The van der Waals surface area contributed by atoms with E-state index in [4.69, 9.17) is 14.7 Å². The Morgan fingerprint density at radius 2 is 1.71 bits per heavy atom. The van der Waals surface area contributed by atoms with Gasteiger partial charge in [0.05, 0.1) is 29.2 Å². The van der Waals surface area contributed by atoms with Crippen molar-refractivity contribution < 1.29 is 31.8 Å². The Kier molecular flexibility index (Phi) is 9.11. The second-order valence-corrected chi connectivity index (χ2v) is 11.4. The third-order valence-corrected chi connectivity index (χ3v) is 8.01. The molecule has 0 saturated carbocycles. The van der Waals surface area contributed by atoms with Crippen LogP contribution < -0.4 is 5.56 Å². The average molecular weight is 597 g/mol. The van der Waals surface area contributed by atoms with Gasteiger partial charge in [-0.3, -0.25) is 14.3 Å². The van der Waals surface area contributed by atoms with Gasteiger partial charge in [-0.1, -0.05) is 12.1 Å². The molecule has 13 heteroatoms. The first-order chi connectivity index (χ1) is 20.0. The zero-order valence-corrected chi connectivity index (χ0v) is 23.6. The normalized spacial score (nSPS) is 12.3. The lowest BCUT2D eigenvalue weighted by Crippen LogP contribution is -2.30. The van der Waals surface area contributed by atoms with E-state index in [9.17, 15) is 27.1 Å². The number of benzene rings is 2. The molecule has 0 amide bonds. The van der Waals surface area contributed by atoms with E-state index < -0.39 is 43.8 Å². The molecule has 2 aromatic carbocycles. The van der Waals surface area contributed by atoms with E-state index in [0.29, 0.717) is 22.8 Å². The number of sulfone groups is 1. The highest BCUT2D eigenvalue weighted by atomic mass is 32.2. The van der Waals surface area contributed by atoms with E-state index in [1.165, 1.54) is 43.8 Å². The summed E-state index contributed by atoms with van der Waals surface area (Å²) >= 11 is 0. The first-order valence-electron chi connectivity index (χ1n) is 12.6. The maximum atomic E-state index is 14.2. The first kappa shape index (κ1) is 30.4. The Bertz CT molecular complexity index is 1800. The van der Waals surface area contributed by atoms with Crippen LogP contribution in [-0.2, 0) is 25.9 Å². The van der Waals surface area contributed by atoms with Crippen molar-refractivity contribution in [3.8, 4) is 23.1 Å². The SMILES string of the molecule is COCC(c1cc(F)cc(F)c1)n1c(COC(C)C)nc(=O)c(S(=O)(=O)c2ccc(-c3cncc(C#N)c3)cc2)c1O. The zero-order chi connectivity index (χ0) is 30.6. The van der Waals surface area contributed by atoms with Crippen molar-refractivity contribution in [1.29, 1.82) is 5.26 Å². The van der Waals surface area contributed by atoms with E-state index >= 15 is 0 Å². The molecule has 2 aromatic heterocycles. The van der Waals surface area contributed by atoms with E-state index in [0.717, 1.165) is 16.7 Å². The number of pyridine rings is 1. The largest absolute Gasteiger partial charge is 0.493 e. The number of ether oxygens (including phenoxy) is 2. The second-order valence-electron chi connectivity index (χ2n) is 9.49. The Morgan fingerprint density at radius 1 is 1.05 bits per heavy atom. The molecule has 0 bridgehead atoms. The van der Waals surface area contributed by atoms with Crippen molar-refractivity contribution >= 4 is 9.84 Å². The van der Waals surface area contributed by atoms with Crippen molar-refractivity contribution in [2.45, 2.75) is 42.4 Å². The molecule has 4 aromatic rings. The monoisotopic (exact) mass is 596 g/mol. The van der Waals surface area contributed by atoms with Gasteiger partial charge >= 0.3 is 0 Å². The minimum absolute atomic E-state index is 0.0122. The molecule has 0 spiro atoms. The van der Waals surface area contributed by atoms with E-state index in [1.807, 2.05) is 6.07 Å². The molecule has 1 atom stereocenters. The fourth-order valence-corrected chi connectivity index (χ4v) is 5.65. The van der Waals surface area contributed by atoms with Gasteiger partial charge in [0.15, 0.2) is 4.90 Å². The van der Waals surface area contributed by atoms with Crippen LogP contribution in [-0.4, -0.2) is 47.9 Å². The van der Waals surface area contributed by atoms with Crippen molar-refractivity contribution in [1.82, 2.24) is 14.5 Å². The summed E-state index contributed by atoms with van der Waals surface area (Å²) in [6.07, 6.45) is 2.55. The lowest BCUT2D eigenvalue weighted by atomic mass is 10.1. The smallest absolute Gasteiger partial charge is 0.296 e. The van der Waals surface area contributed by atoms with Gasteiger partial charge in [0.1, 0.15) is 30.1 Å². The van der Waals surface area contributed by atoms with Crippen LogP contribution in [0.15, 0.2) is 75.5 Å². The van der Waals surface area contributed by atoms with Crippen LogP contribution in [0.25, 0.3) is 11.1 Å². The van der Waals surface area contributed by atoms with Gasteiger partial charge in [-0.05, 0) is 55.3 Å². The summed E-state index contributed by atoms with van der Waals surface area (Å²) in [6, 6.07) is 10.4. The molecule has 0 aliphatic rings. The highest BCUT2D eigenvalue weighted by molar-refractivity contribution is 7.91. The molecule has 0 aliphatic heterocycles. The van der Waals surface area contributed by atoms with Gasteiger partial charge in [-0.25, -0.2) is 17.2 Å². The topological polar surface area (TPSA) is 144 Å². The molecule has 0 aliphatic carbocycles. The highest BCUT2D eigenvalue weighted by Crippen LogP contribution is 2.33. The molecule has 218 valence electrons. The van der Waals surface area contributed by atoms with Gasteiger partial charge in [0, 0.05) is 31.1 Å². The Labute approximate surface area is 240 Å². The van der Waals surface area contributed by atoms with E-state index in [-0.39, 0.29) is 35.6 Å². The number of hydrogen-bond acceptors (Lipinski definition) is 9. The number of nitrogens with zero attached hydrogens (tertiary/aromatic N) is 4. The average Bonchev–Trinajstić information content (AvgIpc) is 2.94. The number of halogens is 2. The number of rotatable bonds is 10. The predicted octanol–water partition coefficient (Wildman–Crippen LogP) is 4.15. The number of nitriles is 1. The number of aromatic hydroxyl groups is 1. The summed E-state index contributed by atoms with van der Waals surface area (Å²) in [5.74, 6) is -3.01. The Balaban J connectivity index is 1.89. The van der Waals surface area contributed by atoms with Crippen molar-refractivity contribution in [3.05, 3.63) is 99.9 Å². The number of hydrogen-bond donors (Lipinski definition) is 1. The third kappa shape index (κ3) is 6.36.